The molecule has 2 saturated carbocycles. The molecule has 1 nitrogen and oxygen atoms in total. The number of rotatable bonds is 0. The van der Waals surface area contributed by atoms with E-state index < -0.39 is 0 Å². The number of hydrogen-bond donors (Lipinski definition) is 0. The largest absolute Gasteiger partial charge is 0.257 e. The Hall–Kier alpha value is -1.11. The Morgan fingerprint density at radius 1 is 1.24 bits per heavy atom. The Bertz CT molecular complexity index is 603. The van der Waals surface area contributed by atoms with Crippen molar-refractivity contribution in [3.05, 3.63) is 35.1 Å². The van der Waals surface area contributed by atoms with Crippen molar-refractivity contribution in [2.24, 2.45) is 34.1 Å². The topological polar surface area (TPSA) is 12.4 Å². The standard InChI is InChI=1S/C16H15N/c1-2-16-11(1)14-7-9-3-8-4-10(13(6-9)17-14)15(16)12(16)5-8/h1-2,7-9,11-12H,3-6H2. The van der Waals surface area contributed by atoms with Gasteiger partial charge in [0.1, 0.15) is 0 Å². The van der Waals surface area contributed by atoms with E-state index in [1.807, 2.05) is 5.57 Å². The number of fused-ring (bicyclic) bond motifs is 4. The second kappa shape index (κ2) is 2.11. The van der Waals surface area contributed by atoms with Gasteiger partial charge in [-0.05, 0) is 54.6 Å². The lowest BCUT2D eigenvalue weighted by molar-refractivity contribution is 0.348. The molecule has 6 aliphatic rings. The van der Waals surface area contributed by atoms with Gasteiger partial charge < -0.3 is 0 Å². The fourth-order valence-corrected chi connectivity index (χ4v) is 5.55. The van der Waals surface area contributed by atoms with E-state index in [9.17, 15) is 0 Å². The number of allylic oxidation sites excluding steroid dienone is 5. The molecule has 2 aliphatic heterocycles. The predicted octanol–water partition coefficient (Wildman–Crippen LogP) is 3.26. The van der Waals surface area contributed by atoms with Crippen molar-refractivity contribution in [1.29, 1.82) is 0 Å². The normalized spacial score (nSPS) is 54.6. The first-order valence-electron chi connectivity index (χ1n) is 7.09. The Morgan fingerprint density at radius 3 is 3.12 bits per heavy atom. The molecule has 0 aromatic heterocycles. The van der Waals surface area contributed by atoms with Crippen molar-refractivity contribution in [2.75, 3.05) is 0 Å². The predicted molar refractivity (Wildman–Crippen MR) is 66.5 cm³/mol. The van der Waals surface area contributed by atoms with Gasteiger partial charge in [0.05, 0.1) is 0 Å². The molecule has 1 heteroatoms. The van der Waals surface area contributed by atoms with Gasteiger partial charge in [0.15, 0.2) is 0 Å². The van der Waals surface area contributed by atoms with Gasteiger partial charge in [0.25, 0.3) is 0 Å². The van der Waals surface area contributed by atoms with Crippen LogP contribution in [0.5, 0.6) is 0 Å². The fraction of sp³-hybridized carbons (Fsp3) is 0.562. The van der Waals surface area contributed by atoms with Crippen molar-refractivity contribution in [1.82, 2.24) is 0 Å². The molecule has 2 fully saturated rings. The van der Waals surface area contributed by atoms with Crippen molar-refractivity contribution in [3.63, 3.8) is 0 Å². The first kappa shape index (κ1) is 8.07. The molecule has 0 saturated heterocycles. The third kappa shape index (κ3) is 0.667. The van der Waals surface area contributed by atoms with Crippen LogP contribution >= 0.6 is 0 Å². The average molecular weight is 221 g/mol. The number of nitrogens with zero attached hydrogens (tertiary/aromatic N) is 1. The van der Waals surface area contributed by atoms with Crippen LogP contribution < -0.4 is 0 Å². The third-order valence-corrected chi connectivity index (χ3v) is 6.20. The summed E-state index contributed by atoms with van der Waals surface area (Å²) < 4.78 is 0. The van der Waals surface area contributed by atoms with Crippen LogP contribution in [0.3, 0.4) is 0 Å². The van der Waals surface area contributed by atoms with E-state index in [4.69, 9.17) is 4.99 Å². The maximum Gasteiger partial charge on any atom is 0.0451 e. The molecule has 0 aromatic rings. The highest BCUT2D eigenvalue weighted by molar-refractivity contribution is 6.05. The molecule has 0 radical (unpaired) electrons. The van der Waals surface area contributed by atoms with E-state index in [1.165, 1.54) is 37.1 Å². The summed E-state index contributed by atoms with van der Waals surface area (Å²) in [4.78, 5) is 5.01. The van der Waals surface area contributed by atoms with Crippen LogP contribution in [0, 0.1) is 29.1 Å². The Labute approximate surface area is 101 Å². The fourth-order valence-electron chi connectivity index (χ4n) is 5.55. The highest BCUT2D eigenvalue weighted by Crippen LogP contribution is 2.77. The molecule has 17 heavy (non-hydrogen) atoms. The van der Waals surface area contributed by atoms with Gasteiger partial charge in [-0.25, -0.2) is 0 Å². The summed E-state index contributed by atoms with van der Waals surface area (Å²) in [6.07, 6.45) is 13.0. The van der Waals surface area contributed by atoms with Gasteiger partial charge >= 0.3 is 0 Å². The van der Waals surface area contributed by atoms with E-state index in [1.54, 1.807) is 5.57 Å². The zero-order chi connectivity index (χ0) is 10.8. The van der Waals surface area contributed by atoms with Crippen LogP contribution in [0.25, 0.3) is 0 Å². The minimum atomic E-state index is 0.487. The summed E-state index contributed by atoms with van der Waals surface area (Å²) in [5.41, 5.74) is 6.94. The van der Waals surface area contributed by atoms with Gasteiger partial charge in [0.2, 0.25) is 0 Å². The molecular weight excluding hydrogens is 206 g/mol. The number of aliphatic imine (C=N–C) groups is 1. The lowest BCUT2D eigenvalue weighted by atomic mass is 9.74. The van der Waals surface area contributed by atoms with E-state index in [0.717, 1.165) is 17.8 Å². The third-order valence-electron chi connectivity index (χ3n) is 6.20. The summed E-state index contributed by atoms with van der Waals surface area (Å²) in [5.74, 6) is 3.34. The van der Waals surface area contributed by atoms with Gasteiger partial charge in [-0.1, -0.05) is 18.2 Å². The van der Waals surface area contributed by atoms with Crippen molar-refractivity contribution < 1.29 is 0 Å². The summed E-state index contributed by atoms with van der Waals surface area (Å²) in [6.45, 7) is 0. The summed E-state index contributed by atoms with van der Waals surface area (Å²) in [6, 6.07) is 0. The van der Waals surface area contributed by atoms with Crippen LogP contribution in [0.1, 0.15) is 25.7 Å². The zero-order valence-electron chi connectivity index (χ0n) is 9.82. The van der Waals surface area contributed by atoms with E-state index in [-0.39, 0.29) is 0 Å². The smallest absolute Gasteiger partial charge is 0.0451 e. The SMILES string of the molecule is C1=CC23C4=C5CC(CC6C=C(N=C5C6)C12)CC43. The van der Waals surface area contributed by atoms with Crippen LogP contribution in [0.15, 0.2) is 40.1 Å². The van der Waals surface area contributed by atoms with Crippen LogP contribution in [0.4, 0.5) is 0 Å². The summed E-state index contributed by atoms with van der Waals surface area (Å²) in [5, 5.41) is 0. The maximum atomic E-state index is 5.01. The van der Waals surface area contributed by atoms with Crippen LogP contribution in [0.2, 0.25) is 0 Å². The second-order valence-corrected chi connectivity index (χ2v) is 6.87. The minimum Gasteiger partial charge on any atom is -0.257 e. The summed E-state index contributed by atoms with van der Waals surface area (Å²) >= 11 is 0. The lowest BCUT2D eigenvalue weighted by Crippen LogP contribution is -2.25. The molecule has 6 rings (SSSR count). The molecule has 5 atom stereocenters. The van der Waals surface area contributed by atoms with Gasteiger partial charge in [-0.2, -0.15) is 0 Å². The number of hydrogen-bond acceptors (Lipinski definition) is 1. The average Bonchev–Trinajstić information content (AvgIpc) is 2.97. The molecule has 0 amide bonds. The molecule has 0 aromatic carbocycles. The minimum absolute atomic E-state index is 0.487. The first-order valence-corrected chi connectivity index (χ1v) is 7.09. The molecule has 5 bridgehead atoms. The van der Waals surface area contributed by atoms with Gasteiger partial charge in [-0.3, -0.25) is 4.99 Å². The van der Waals surface area contributed by atoms with E-state index in [2.05, 4.69) is 18.2 Å². The molecule has 4 aliphatic carbocycles. The lowest BCUT2D eigenvalue weighted by Gasteiger charge is -2.31. The Morgan fingerprint density at radius 2 is 2.24 bits per heavy atom. The molecule has 1 spiro atoms. The molecule has 5 unspecified atom stereocenters. The quantitative estimate of drug-likeness (QED) is 0.557. The van der Waals surface area contributed by atoms with E-state index in [0.29, 0.717) is 11.3 Å². The maximum absolute atomic E-state index is 5.01. The van der Waals surface area contributed by atoms with Crippen LogP contribution in [-0.2, 0) is 0 Å². The zero-order valence-corrected chi connectivity index (χ0v) is 9.82. The van der Waals surface area contributed by atoms with Gasteiger partial charge in [0, 0.05) is 22.7 Å². The van der Waals surface area contributed by atoms with Crippen molar-refractivity contribution in [2.45, 2.75) is 25.7 Å². The summed E-state index contributed by atoms with van der Waals surface area (Å²) in [7, 11) is 0. The van der Waals surface area contributed by atoms with Crippen LogP contribution in [-0.4, -0.2) is 5.71 Å². The van der Waals surface area contributed by atoms with Gasteiger partial charge in [-0.15, -0.1) is 0 Å². The van der Waals surface area contributed by atoms with Crippen molar-refractivity contribution in [3.8, 4) is 0 Å². The Kier molecular flexibility index (Phi) is 1.00. The molecular formula is C16H15N. The molecule has 0 N–H and O–H groups in total. The second-order valence-electron chi connectivity index (χ2n) is 6.87. The highest BCUT2D eigenvalue weighted by Gasteiger charge is 2.70. The monoisotopic (exact) mass is 221 g/mol. The molecule has 84 valence electrons. The van der Waals surface area contributed by atoms with E-state index >= 15 is 0 Å². The van der Waals surface area contributed by atoms with Crippen molar-refractivity contribution >= 4 is 5.71 Å². The highest BCUT2D eigenvalue weighted by atomic mass is 14.9. The molecule has 2 heterocycles. The first-order chi connectivity index (χ1) is 8.36. The Balaban J connectivity index is 1.78.